The quantitative estimate of drug-likeness (QED) is 0.164. The second kappa shape index (κ2) is 13.5. The molecule has 7 aromatic rings. The summed E-state index contributed by atoms with van der Waals surface area (Å²) >= 11 is 2.04. The second-order valence-corrected chi connectivity index (χ2v) is 23.0. The lowest BCUT2D eigenvalue weighted by Gasteiger charge is -2.44. The summed E-state index contributed by atoms with van der Waals surface area (Å²) in [6, 6.07) is 42.9. The first-order valence-electron chi connectivity index (χ1n) is 22.5. The Morgan fingerprint density at radius 3 is 1.85 bits per heavy atom. The van der Waals surface area contributed by atoms with Gasteiger partial charge in [-0.05, 0) is 165 Å². The molecule has 2 nitrogen and oxygen atoms in total. The van der Waals surface area contributed by atoms with Crippen LogP contribution in [-0.4, -0.2) is 6.71 Å². The summed E-state index contributed by atoms with van der Waals surface area (Å²) < 4.78 is 2.84. The van der Waals surface area contributed by atoms with Crippen molar-refractivity contribution in [3.05, 3.63) is 148 Å². The van der Waals surface area contributed by atoms with Crippen LogP contribution in [0.3, 0.4) is 0 Å². The summed E-state index contributed by atoms with van der Waals surface area (Å²) in [4.78, 5) is 5.27. The van der Waals surface area contributed by atoms with Gasteiger partial charge in [0.1, 0.15) is 0 Å². The molecule has 0 amide bonds. The number of fused-ring (bicyclic) bond motifs is 7. The maximum absolute atomic E-state index is 2.66. The third kappa shape index (κ3) is 6.25. The Kier molecular flexibility index (Phi) is 8.84. The van der Waals surface area contributed by atoms with E-state index in [4.69, 9.17) is 0 Å². The van der Waals surface area contributed by atoms with Crippen LogP contribution in [0.25, 0.3) is 21.2 Å². The number of nitrogens with zero attached hydrogens (tertiary/aromatic N) is 2. The molecule has 6 aromatic carbocycles. The van der Waals surface area contributed by atoms with Crippen molar-refractivity contribution in [1.82, 2.24) is 0 Å². The van der Waals surface area contributed by atoms with Crippen LogP contribution in [0.5, 0.6) is 0 Å². The van der Waals surface area contributed by atoms with E-state index < -0.39 is 0 Å². The Morgan fingerprint density at radius 1 is 0.574 bits per heavy atom. The van der Waals surface area contributed by atoms with Gasteiger partial charge in [0.15, 0.2) is 0 Å². The molecule has 10 rings (SSSR count). The zero-order chi connectivity index (χ0) is 43.1. The number of hydrogen-bond donors (Lipinski definition) is 0. The van der Waals surface area contributed by atoms with Gasteiger partial charge in [-0.3, -0.25) is 0 Å². The Morgan fingerprint density at radius 2 is 1.20 bits per heavy atom. The SMILES string of the molecule is Cc1cc2c3c(c1)N(c1ccc(C(C)(C)C)cc1)c1c(sc4cc5c(cc14)C(C)(C)CCC5(C)C)B3c1cc(C(C)(C)C)ccc1N2c1cc(-c2ccccc2C)ccc1C. The molecule has 3 heterocycles. The molecule has 0 saturated carbocycles. The largest absolute Gasteiger partial charge is 0.311 e. The van der Waals surface area contributed by atoms with Crippen molar-refractivity contribution in [3.63, 3.8) is 0 Å². The highest BCUT2D eigenvalue weighted by Crippen LogP contribution is 2.53. The van der Waals surface area contributed by atoms with Crippen molar-refractivity contribution in [2.45, 2.75) is 125 Å². The smallest absolute Gasteiger partial charge is 0.264 e. The van der Waals surface area contributed by atoms with Gasteiger partial charge in [-0.25, -0.2) is 0 Å². The maximum Gasteiger partial charge on any atom is 0.264 e. The highest BCUT2D eigenvalue weighted by Gasteiger charge is 2.47. The van der Waals surface area contributed by atoms with E-state index in [1.807, 2.05) is 11.3 Å². The Bertz CT molecular complexity index is 2930. The van der Waals surface area contributed by atoms with Crippen LogP contribution >= 0.6 is 11.3 Å². The molecular weight excluding hydrogens is 756 g/mol. The average Bonchev–Trinajstić information content (AvgIpc) is 3.57. The van der Waals surface area contributed by atoms with Crippen LogP contribution in [0.15, 0.2) is 109 Å². The third-order valence-corrected chi connectivity index (χ3v) is 15.7. The van der Waals surface area contributed by atoms with Gasteiger partial charge in [-0.2, -0.15) is 0 Å². The molecule has 2 aliphatic heterocycles. The van der Waals surface area contributed by atoms with E-state index in [9.17, 15) is 0 Å². The van der Waals surface area contributed by atoms with Gasteiger partial charge in [0.2, 0.25) is 0 Å². The van der Waals surface area contributed by atoms with E-state index in [-0.39, 0.29) is 28.4 Å². The van der Waals surface area contributed by atoms with Crippen LogP contribution in [-0.2, 0) is 21.7 Å². The predicted molar refractivity (Wildman–Crippen MR) is 268 cm³/mol. The predicted octanol–water partition coefficient (Wildman–Crippen LogP) is 14.5. The first-order valence-corrected chi connectivity index (χ1v) is 23.3. The van der Waals surface area contributed by atoms with Crippen LogP contribution in [0.2, 0.25) is 0 Å². The molecule has 0 spiro atoms. The minimum atomic E-state index is -0.00831. The summed E-state index contributed by atoms with van der Waals surface area (Å²) in [5.74, 6) is 0. The van der Waals surface area contributed by atoms with Crippen molar-refractivity contribution in [1.29, 1.82) is 0 Å². The lowest BCUT2D eigenvalue weighted by Crippen LogP contribution is -2.60. The highest BCUT2D eigenvalue weighted by atomic mass is 32.1. The van der Waals surface area contributed by atoms with E-state index in [1.165, 1.54) is 123 Å². The molecule has 0 atom stereocenters. The molecule has 3 aliphatic rings. The van der Waals surface area contributed by atoms with Gasteiger partial charge >= 0.3 is 0 Å². The van der Waals surface area contributed by atoms with E-state index in [0.29, 0.717) is 0 Å². The highest BCUT2D eigenvalue weighted by molar-refractivity contribution is 7.33. The van der Waals surface area contributed by atoms with E-state index in [2.05, 4.69) is 209 Å². The van der Waals surface area contributed by atoms with Crippen molar-refractivity contribution in [3.8, 4) is 11.1 Å². The topological polar surface area (TPSA) is 6.48 Å². The molecule has 4 heteroatoms. The fourth-order valence-corrected chi connectivity index (χ4v) is 12.0. The first-order chi connectivity index (χ1) is 28.7. The van der Waals surface area contributed by atoms with E-state index >= 15 is 0 Å². The number of rotatable bonds is 3. The van der Waals surface area contributed by atoms with Gasteiger partial charge in [0.05, 0.1) is 5.69 Å². The third-order valence-electron chi connectivity index (χ3n) is 14.5. The van der Waals surface area contributed by atoms with Crippen molar-refractivity contribution in [2.24, 2.45) is 0 Å². The van der Waals surface area contributed by atoms with Gasteiger partial charge in [-0.15, -0.1) is 11.3 Å². The summed E-state index contributed by atoms with van der Waals surface area (Å²) in [6.07, 6.45) is 2.40. The zero-order valence-corrected chi connectivity index (χ0v) is 39.5. The van der Waals surface area contributed by atoms with Crippen molar-refractivity contribution >= 4 is 78.0 Å². The minimum Gasteiger partial charge on any atom is -0.311 e. The Labute approximate surface area is 369 Å². The second-order valence-electron chi connectivity index (χ2n) is 21.9. The molecule has 0 fully saturated rings. The van der Waals surface area contributed by atoms with Gasteiger partial charge < -0.3 is 9.80 Å². The zero-order valence-electron chi connectivity index (χ0n) is 38.7. The molecule has 0 N–H and O–H groups in total. The summed E-state index contributed by atoms with van der Waals surface area (Å²) in [5, 5.41) is 1.39. The molecule has 1 aliphatic carbocycles. The average molecular weight is 817 g/mol. The lowest BCUT2D eigenvalue weighted by molar-refractivity contribution is 0.332. The molecule has 61 heavy (non-hydrogen) atoms. The number of aryl methyl sites for hydroxylation is 3. The van der Waals surface area contributed by atoms with Crippen LogP contribution in [0, 0.1) is 20.8 Å². The Hall–Kier alpha value is -5.06. The van der Waals surface area contributed by atoms with Gasteiger partial charge in [0, 0.05) is 43.3 Å². The molecule has 308 valence electrons. The molecule has 0 unspecified atom stereocenters. The molecule has 0 radical (unpaired) electrons. The summed E-state index contributed by atoms with van der Waals surface area (Å²) in [5.41, 5.74) is 22.8. The van der Waals surface area contributed by atoms with Crippen LogP contribution in [0.4, 0.5) is 34.1 Å². The molecule has 0 bridgehead atoms. The van der Waals surface area contributed by atoms with Crippen LogP contribution in [0.1, 0.15) is 121 Å². The number of thiophene rings is 1. The molecule has 0 saturated heterocycles. The fraction of sp³-hybridized carbons (Fsp3) is 0.333. The van der Waals surface area contributed by atoms with Gasteiger partial charge in [-0.1, -0.05) is 130 Å². The molecular formula is C57H61BN2S. The Balaban J connectivity index is 1.32. The summed E-state index contributed by atoms with van der Waals surface area (Å²) in [6.45, 7) is 30.8. The minimum absolute atomic E-state index is 0.00831. The van der Waals surface area contributed by atoms with Crippen LogP contribution < -0.4 is 25.5 Å². The normalized spacial score (nSPS) is 16.3. The summed E-state index contributed by atoms with van der Waals surface area (Å²) in [7, 11) is 0. The monoisotopic (exact) mass is 816 g/mol. The van der Waals surface area contributed by atoms with Gasteiger partial charge in [0.25, 0.3) is 6.71 Å². The number of anilines is 6. The number of benzene rings is 6. The van der Waals surface area contributed by atoms with Crippen molar-refractivity contribution in [2.75, 3.05) is 9.80 Å². The fourth-order valence-electron chi connectivity index (χ4n) is 10.7. The standard InChI is InChI=1S/C57H61BN2S/c1-34-28-48-51-49(29-34)60(47-30-37(19-18-36(47)3)41-17-15-14-16-35(41)2)46-25-22-39(55(7,8)9)31-45(46)58(51)53-52(59(48)40-23-20-38(21-24-40)54(4,5)6)42-32-43-44(33-50(42)61-53)57(12,13)27-26-56(43,10)11/h14-25,28-33H,26-27H2,1-13H3. The lowest BCUT2D eigenvalue weighted by atomic mass is 9.36. The first kappa shape index (κ1) is 40.0. The maximum atomic E-state index is 2.66. The molecule has 1 aromatic heterocycles. The van der Waals surface area contributed by atoms with E-state index in [1.54, 1.807) is 0 Å². The van der Waals surface area contributed by atoms with Crippen molar-refractivity contribution < 1.29 is 0 Å². The number of hydrogen-bond acceptors (Lipinski definition) is 3. The van der Waals surface area contributed by atoms with E-state index in [0.717, 1.165) is 0 Å².